The number of benzene rings is 1. The van der Waals surface area contributed by atoms with Crippen molar-refractivity contribution in [3.05, 3.63) is 41.5 Å². The molecule has 2 rings (SSSR count). The fraction of sp³-hybridized carbons (Fsp3) is 0.273. The van der Waals surface area contributed by atoms with E-state index in [-0.39, 0.29) is 12.3 Å². The van der Waals surface area contributed by atoms with Crippen LogP contribution in [-0.2, 0) is 6.42 Å². The average molecular weight is 257 g/mol. The first-order valence-corrected chi connectivity index (χ1v) is 5.29. The molecule has 0 radical (unpaired) electrons. The van der Waals surface area contributed by atoms with Crippen LogP contribution in [0.1, 0.15) is 12.1 Å². The highest BCUT2D eigenvalue weighted by Crippen LogP contribution is 2.18. The quantitative estimate of drug-likeness (QED) is 0.846. The molecule has 1 aromatic carbocycles. The molecule has 0 saturated heterocycles. The highest BCUT2D eigenvalue weighted by molar-refractivity contribution is 5.33. The van der Waals surface area contributed by atoms with E-state index in [9.17, 15) is 13.2 Å². The molecule has 0 unspecified atom stereocenters. The Morgan fingerprint density at radius 1 is 1.17 bits per heavy atom. The number of aryl methyl sites for hydroxylation is 1. The van der Waals surface area contributed by atoms with Gasteiger partial charge in [-0.1, -0.05) is 5.21 Å². The van der Waals surface area contributed by atoms with Gasteiger partial charge in [0, 0.05) is 6.61 Å². The maximum atomic E-state index is 13.5. The van der Waals surface area contributed by atoms with Gasteiger partial charge >= 0.3 is 0 Å². The summed E-state index contributed by atoms with van der Waals surface area (Å²) in [6, 6.07) is 1.90. The number of aliphatic hydroxyl groups excluding tert-OH is 1. The molecule has 0 aliphatic carbocycles. The monoisotopic (exact) mass is 257 g/mol. The van der Waals surface area contributed by atoms with Crippen LogP contribution >= 0.6 is 0 Å². The van der Waals surface area contributed by atoms with E-state index in [0.29, 0.717) is 18.5 Å². The second-order valence-electron chi connectivity index (χ2n) is 3.68. The molecule has 96 valence electrons. The van der Waals surface area contributed by atoms with Gasteiger partial charge in [0.2, 0.25) is 0 Å². The zero-order valence-corrected chi connectivity index (χ0v) is 9.28. The Balaban J connectivity index is 2.31. The molecule has 0 spiro atoms. The van der Waals surface area contributed by atoms with E-state index in [1.807, 2.05) is 0 Å². The van der Waals surface area contributed by atoms with Crippen molar-refractivity contribution in [2.24, 2.45) is 0 Å². The molecule has 0 amide bonds. The van der Waals surface area contributed by atoms with Crippen molar-refractivity contribution in [1.29, 1.82) is 0 Å². The molecular weight excluding hydrogens is 247 g/mol. The van der Waals surface area contributed by atoms with Crippen LogP contribution in [0, 0.1) is 17.5 Å². The molecule has 4 nitrogen and oxygen atoms in total. The smallest absolute Gasteiger partial charge is 0.196 e. The molecule has 0 aliphatic heterocycles. The van der Waals surface area contributed by atoms with Gasteiger partial charge in [-0.25, -0.2) is 17.9 Å². The first-order chi connectivity index (χ1) is 8.63. The van der Waals surface area contributed by atoms with E-state index in [1.54, 1.807) is 0 Å². The Hall–Kier alpha value is -1.89. The van der Waals surface area contributed by atoms with Crippen LogP contribution in [0.15, 0.2) is 18.3 Å². The van der Waals surface area contributed by atoms with Gasteiger partial charge in [0.05, 0.1) is 11.9 Å². The second kappa shape index (κ2) is 5.18. The molecule has 0 aliphatic rings. The lowest BCUT2D eigenvalue weighted by Gasteiger charge is -2.03. The van der Waals surface area contributed by atoms with Gasteiger partial charge in [-0.05, 0) is 25.0 Å². The minimum atomic E-state index is -1.54. The van der Waals surface area contributed by atoms with Crippen molar-refractivity contribution >= 4 is 0 Å². The summed E-state index contributed by atoms with van der Waals surface area (Å²) in [7, 11) is 0. The minimum absolute atomic E-state index is 0.00635. The number of nitrogens with zero attached hydrogens (tertiary/aromatic N) is 3. The largest absolute Gasteiger partial charge is 0.396 e. The number of aromatic nitrogens is 3. The van der Waals surface area contributed by atoms with Crippen molar-refractivity contribution in [2.45, 2.75) is 12.8 Å². The molecule has 1 aromatic heterocycles. The van der Waals surface area contributed by atoms with Gasteiger partial charge in [0.15, 0.2) is 17.5 Å². The number of rotatable bonds is 4. The van der Waals surface area contributed by atoms with Crippen LogP contribution in [0.3, 0.4) is 0 Å². The lowest BCUT2D eigenvalue weighted by molar-refractivity contribution is 0.288. The Morgan fingerprint density at radius 3 is 2.67 bits per heavy atom. The zero-order valence-electron chi connectivity index (χ0n) is 9.28. The third-order valence-electron chi connectivity index (χ3n) is 2.39. The molecule has 1 heterocycles. The predicted octanol–water partition coefficient (Wildman–Crippen LogP) is 1.61. The molecule has 7 heteroatoms. The van der Waals surface area contributed by atoms with Gasteiger partial charge in [-0.3, -0.25) is 0 Å². The van der Waals surface area contributed by atoms with Crippen LogP contribution < -0.4 is 0 Å². The standard InChI is InChI=1S/C11H10F3N3O/c12-8-3-4-9(11(14)10(8)13)17-6-7(15-16-17)2-1-5-18/h3-4,6,18H,1-2,5H2. The fourth-order valence-electron chi connectivity index (χ4n) is 1.48. The van der Waals surface area contributed by atoms with Crippen molar-refractivity contribution in [3.63, 3.8) is 0 Å². The van der Waals surface area contributed by atoms with E-state index < -0.39 is 17.5 Å². The summed E-state index contributed by atoms with van der Waals surface area (Å²) in [5.41, 5.74) is 0.324. The second-order valence-corrected chi connectivity index (χ2v) is 3.68. The van der Waals surface area contributed by atoms with Crippen molar-refractivity contribution < 1.29 is 18.3 Å². The summed E-state index contributed by atoms with van der Waals surface area (Å²) in [4.78, 5) is 0. The Morgan fingerprint density at radius 2 is 1.94 bits per heavy atom. The van der Waals surface area contributed by atoms with Gasteiger partial charge < -0.3 is 5.11 Å². The topological polar surface area (TPSA) is 50.9 Å². The summed E-state index contributed by atoms with van der Waals surface area (Å²) in [5.74, 6) is -4.11. The van der Waals surface area contributed by atoms with Gasteiger partial charge in [-0.15, -0.1) is 5.10 Å². The summed E-state index contributed by atoms with van der Waals surface area (Å²) >= 11 is 0. The van der Waals surface area contributed by atoms with Crippen LogP contribution in [0.25, 0.3) is 5.69 Å². The summed E-state index contributed by atoms with van der Waals surface area (Å²) in [6.07, 6.45) is 2.38. The highest BCUT2D eigenvalue weighted by Gasteiger charge is 2.15. The fourth-order valence-corrected chi connectivity index (χ4v) is 1.48. The molecule has 0 atom stereocenters. The number of halogens is 3. The SMILES string of the molecule is OCCCc1cn(-c2ccc(F)c(F)c2F)nn1. The van der Waals surface area contributed by atoms with Gasteiger partial charge in [0.1, 0.15) is 5.69 Å². The summed E-state index contributed by atoms with van der Waals surface area (Å²) < 4.78 is 40.3. The normalized spacial score (nSPS) is 10.9. The van der Waals surface area contributed by atoms with Gasteiger partial charge in [0.25, 0.3) is 0 Å². The first kappa shape index (κ1) is 12.6. The minimum Gasteiger partial charge on any atom is -0.396 e. The third kappa shape index (κ3) is 2.35. The maximum absolute atomic E-state index is 13.5. The zero-order chi connectivity index (χ0) is 13.1. The van der Waals surface area contributed by atoms with Crippen LogP contribution in [0.2, 0.25) is 0 Å². The van der Waals surface area contributed by atoms with Gasteiger partial charge in [-0.2, -0.15) is 0 Å². The number of hydrogen-bond acceptors (Lipinski definition) is 3. The Labute approximate surface area is 101 Å². The van der Waals surface area contributed by atoms with Crippen molar-refractivity contribution in [1.82, 2.24) is 15.0 Å². The van der Waals surface area contributed by atoms with E-state index in [0.717, 1.165) is 16.8 Å². The van der Waals surface area contributed by atoms with Crippen LogP contribution in [0.5, 0.6) is 0 Å². The van der Waals surface area contributed by atoms with Crippen LogP contribution in [0.4, 0.5) is 13.2 Å². The Kier molecular flexibility index (Phi) is 3.61. The van der Waals surface area contributed by atoms with E-state index >= 15 is 0 Å². The molecule has 0 saturated carbocycles. The first-order valence-electron chi connectivity index (χ1n) is 5.29. The molecule has 1 N–H and O–H groups in total. The summed E-state index contributed by atoms with van der Waals surface area (Å²) in [6.45, 7) is 0.00635. The van der Waals surface area contributed by atoms with E-state index in [2.05, 4.69) is 10.3 Å². The van der Waals surface area contributed by atoms with Crippen molar-refractivity contribution in [3.8, 4) is 5.69 Å². The van der Waals surface area contributed by atoms with Crippen LogP contribution in [-0.4, -0.2) is 26.7 Å². The molecule has 0 bridgehead atoms. The maximum Gasteiger partial charge on any atom is 0.196 e. The third-order valence-corrected chi connectivity index (χ3v) is 2.39. The van der Waals surface area contributed by atoms with E-state index in [1.165, 1.54) is 6.20 Å². The molecule has 0 fully saturated rings. The lowest BCUT2D eigenvalue weighted by atomic mass is 10.2. The molecular formula is C11H10F3N3O. The number of hydrogen-bond donors (Lipinski definition) is 1. The van der Waals surface area contributed by atoms with E-state index in [4.69, 9.17) is 5.11 Å². The average Bonchev–Trinajstić information content (AvgIpc) is 2.82. The summed E-state index contributed by atoms with van der Waals surface area (Å²) in [5, 5.41) is 16.0. The highest BCUT2D eigenvalue weighted by atomic mass is 19.2. The number of aliphatic hydroxyl groups is 1. The molecule has 2 aromatic rings. The lowest BCUT2D eigenvalue weighted by Crippen LogP contribution is -2.02. The molecule has 18 heavy (non-hydrogen) atoms. The Bertz CT molecular complexity index is 556. The predicted molar refractivity (Wildman–Crippen MR) is 56.6 cm³/mol. The van der Waals surface area contributed by atoms with Crippen molar-refractivity contribution in [2.75, 3.05) is 6.61 Å².